The topological polar surface area (TPSA) is 107 Å². The van der Waals surface area contributed by atoms with Gasteiger partial charge in [-0.15, -0.1) is 0 Å². The second-order valence-corrected chi connectivity index (χ2v) is 7.05. The lowest BCUT2D eigenvalue weighted by Gasteiger charge is -2.13. The maximum Gasteiger partial charge on any atom is 0.343 e. The minimum Gasteiger partial charge on any atom is -0.462 e. The van der Waals surface area contributed by atoms with Crippen LogP contribution in [0.2, 0.25) is 0 Å². The first-order valence-corrected chi connectivity index (χ1v) is 9.04. The van der Waals surface area contributed by atoms with Gasteiger partial charge < -0.3 is 15.8 Å². The first kappa shape index (κ1) is 19.7. The molecule has 0 fully saturated rings. The summed E-state index contributed by atoms with van der Waals surface area (Å²) in [4.78, 5) is 32.3. The highest BCUT2D eigenvalue weighted by Crippen LogP contribution is 2.24. The molecule has 138 valence electrons. The third-order valence-corrected chi connectivity index (χ3v) is 4.56. The highest BCUT2D eigenvalue weighted by molar-refractivity contribution is 8.00. The first-order valence-electron chi connectivity index (χ1n) is 8.16. The number of rotatable bonds is 6. The summed E-state index contributed by atoms with van der Waals surface area (Å²) in [5, 5.41) is 2.77. The van der Waals surface area contributed by atoms with Crippen molar-refractivity contribution in [3.63, 3.8) is 0 Å². The molecule has 1 heterocycles. The molecule has 2 rings (SSSR count). The molecule has 2 aromatic rings. The molecule has 0 unspecified atom stereocenters. The van der Waals surface area contributed by atoms with Crippen molar-refractivity contribution in [1.29, 1.82) is 0 Å². The Morgan fingerprint density at radius 1 is 1.35 bits per heavy atom. The molecule has 7 nitrogen and oxygen atoms in total. The first-order chi connectivity index (χ1) is 12.3. The zero-order valence-corrected chi connectivity index (χ0v) is 16.0. The number of carbonyl (C=O) groups excluding carboxylic acids is 2. The third-order valence-electron chi connectivity index (χ3n) is 3.58. The van der Waals surface area contributed by atoms with Gasteiger partial charge in [0.05, 0.1) is 11.9 Å². The average Bonchev–Trinajstić information content (AvgIpc) is 2.57. The summed E-state index contributed by atoms with van der Waals surface area (Å²) < 4.78 is 4.88. The number of benzene rings is 1. The largest absolute Gasteiger partial charge is 0.462 e. The summed E-state index contributed by atoms with van der Waals surface area (Å²) in [6, 6.07) is 5.83. The van der Waals surface area contributed by atoms with Crippen LogP contribution in [0.5, 0.6) is 0 Å². The predicted molar refractivity (Wildman–Crippen MR) is 102 cm³/mol. The predicted octanol–water partition coefficient (Wildman–Crippen LogP) is 2.97. The third kappa shape index (κ3) is 4.95. The zero-order valence-electron chi connectivity index (χ0n) is 15.2. The van der Waals surface area contributed by atoms with Crippen LogP contribution in [0.1, 0.15) is 35.3 Å². The Bertz CT molecular complexity index is 826. The molecule has 0 aliphatic carbocycles. The number of hydrogen-bond acceptors (Lipinski definition) is 7. The number of esters is 1. The Morgan fingerprint density at radius 2 is 2.08 bits per heavy atom. The van der Waals surface area contributed by atoms with Gasteiger partial charge in [0.1, 0.15) is 11.4 Å². The van der Waals surface area contributed by atoms with E-state index in [0.29, 0.717) is 5.16 Å². The molecule has 0 saturated carbocycles. The molecule has 0 radical (unpaired) electrons. The molecular weight excluding hydrogens is 352 g/mol. The van der Waals surface area contributed by atoms with Crippen LogP contribution in [-0.4, -0.2) is 33.7 Å². The van der Waals surface area contributed by atoms with E-state index in [1.807, 2.05) is 32.0 Å². The van der Waals surface area contributed by atoms with Gasteiger partial charge in [-0.05, 0) is 39.3 Å². The molecule has 0 aliphatic rings. The van der Waals surface area contributed by atoms with Gasteiger partial charge >= 0.3 is 5.97 Å². The van der Waals surface area contributed by atoms with E-state index in [1.54, 1.807) is 13.8 Å². The number of carbonyl (C=O) groups is 2. The SMILES string of the molecule is CCOC(=O)c1cnc(S[C@@H](C)C(=O)Nc2ccc(C)cc2C)nc1N. The monoisotopic (exact) mass is 374 g/mol. The lowest BCUT2D eigenvalue weighted by Crippen LogP contribution is -2.23. The number of nitrogens with zero attached hydrogens (tertiary/aromatic N) is 2. The molecule has 3 N–H and O–H groups in total. The van der Waals surface area contributed by atoms with Crippen LogP contribution < -0.4 is 11.1 Å². The fraction of sp³-hybridized carbons (Fsp3) is 0.333. The van der Waals surface area contributed by atoms with Crippen LogP contribution >= 0.6 is 11.8 Å². The van der Waals surface area contributed by atoms with Crippen LogP contribution in [-0.2, 0) is 9.53 Å². The van der Waals surface area contributed by atoms with Crippen molar-refractivity contribution in [2.75, 3.05) is 17.7 Å². The lowest BCUT2D eigenvalue weighted by molar-refractivity contribution is -0.115. The standard InChI is InChI=1S/C18H22N4O3S/c1-5-25-17(24)13-9-20-18(22-15(13)19)26-12(4)16(23)21-14-7-6-10(2)8-11(14)3/h6-9,12H,5H2,1-4H3,(H,21,23)(H2,19,20,22)/t12-/m0/s1. The highest BCUT2D eigenvalue weighted by atomic mass is 32.2. The van der Waals surface area contributed by atoms with Gasteiger partial charge in [-0.3, -0.25) is 4.79 Å². The van der Waals surface area contributed by atoms with Gasteiger partial charge in [0, 0.05) is 11.9 Å². The Kier molecular flexibility index (Phi) is 6.57. The quantitative estimate of drug-likeness (QED) is 0.455. The summed E-state index contributed by atoms with van der Waals surface area (Å²) in [5.41, 5.74) is 8.81. The number of anilines is 2. The van der Waals surface area contributed by atoms with Crippen molar-refractivity contribution in [2.24, 2.45) is 0 Å². The van der Waals surface area contributed by atoms with Gasteiger partial charge in [0.25, 0.3) is 0 Å². The number of nitrogens with one attached hydrogen (secondary N) is 1. The number of aromatic nitrogens is 2. The fourth-order valence-corrected chi connectivity index (χ4v) is 2.95. The second kappa shape index (κ2) is 8.66. The number of hydrogen-bond donors (Lipinski definition) is 2. The highest BCUT2D eigenvalue weighted by Gasteiger charge is 2.19. The van der Waals surface area contributed by atoms with Gasteiger partial charge in [-0.25, -0.2) is 14.8 Å². The Balaban J connectivity index is 2.04. The van der Waals surface area contributed by atoms with Crippen molar-refractivity contribution < 1.29 is 14.3 Å². The molecule has 0 bridgehead atoms. The fourth-order valence-electron chi connectivity index (χ4n) is 2.20. The number of thioether (sulfide) groups is 1. The van der Waals surface area contributed by atoms with E-state index in [1.165, 1.54) is 6.20 Å². The molecule has 8 heteroatoms. The molecule has 0 spiro atoms. The van der Waals surface area contributed by atoms with E-state index in [-0.39, 0.29) is 23.9 Å². The van der Waals surface area contributed by atoms with Crippen LogP contribution in [0, 0.1) is 13.8 Å². The van der Waals surface area contributed by atoms with Crippen molar-refractivity contribution in [2.45, 2.75) is 38.1 Å². The minimum atomic E-state index is -0.567. The van der Waals surface area contributed by atoms with Gasteiger partial charge in [0.2, 0.25) is 5.91 Å². The lowest BCUT2D eigenvalue weighted by atomic mass is 10.1. The molecule has 1 amide bonds. The van der Waals surface area contributed by atoms with Crippen molar-refractivity contribution in [3.8, 4) is 0 Å². The smallest absolute Gasteiger partial charge is 0.343 e. The summed E-state index contributed by atoms with van der Waals surface area (Å²) in [6.45, 7) is 7.64. The average molecular weight is 374 g/mol. The normalized spacial score (nSPS) is 11.7. The van der Waals surface area contributed by atoms with Crippen LogP contribution in [0.25, 0.3) is 0 Å². The molecule has 0 aliphatic heterocycles. The Labute approximate surface area is 156 Å². The molecule has 1 aromatic carbocycles. The van der Waals surface area contributed by atoms with Gasteiger partial charge in [-0.2, -0.15) is 0 Å². The van der Waals surface area contributed by atoms with E-state index >= 15 is 0 Å². The molecule has 1 atom stereocenters. The van der Waals surface area contributed by atoms with Crippen LogP contribution in [0.3, 0.4) is 0 Å². The zero-order chi connectivity index (χ0) is 19.3. The summed E-state index contributed by atoms with van der Waals surface area (Å²) in [7, 11) is 0. The summed E-state index contributed by atoms with van der Waals surface area (Å²) in [5.74, 6) is -0.705. The summed E-state index contributed by atoms with van der Waals surface area (Å²) in [6.07, 6.45) is 1.32. The van der Waals surface area contributed by atoms with Crippen molar-refractivity contribution in [1.82, 2.24) is 9.97 Å². The summed E-state index contributed by atoms with van der Waals surface area (Å²) >= 11 is 1.16. The van der Waals surface area contributed by atoms with E-state index in [2.05, 4.69) is 15.3 Å². The van der Waals surface area contributed by atoms with Crippen LogP contribution in [0.4, 0.5) is 11.5 Å². The minimum absolute atomic E-state index is 0.0305. The van der Waals surface area contributed by atoms with E-state index < -0.39 is 11.2 Å². The number of amides is 1. The molecular formula is C18H22N4O3S. The maximum atomic E-state index is 12.4. The molecule has 1 aromatic heterocycles. The number of aryl methyl sites for hydroxylation is 2. The van der Waals surface area contributed by atoms with E-state index in [4.69, 9.17) is 10.5 Å². The number of ether oxygens (including phenoxy) is 1. The molecule has 26 heavy (non-hydrogen) atoms. The van der Waals surface area contributed by atoms with E-state index in [0.717, 1.165) is 28.6 Å². The second-order valence-electron chi connectivity index (χ2n) is 5.74. The van der Waals surface area contributed by atoms with Gasteiger partial charge in [-0.1, -0.05) is 29.5 Å². The van der Waals surface area contributed by atoms with E-state index in [9.17, 15) is 9.59 Å². The Morgan fingerprint density at radius 3 is 2.69 bits per heavy atom. The maximum absolute atomic E-state index is 12.4. The Hall–Kier alpha value is -2.61. The number of nitrogens with two attached hydrogens (primary N) is 1. The van der Waals surface area contributed by atoms with Gasteiger partial charge in [0.15, 0.2) is 5.16 Å². The number of nitrogen functional groups attached to an aromatic ring is 1. The van der Waals surface area contributed by atoms with Crippen molar-refractivity contribution in [3.05, 3.63) is 41.1 Å². The molecule has 0 saturated heterocycles. The van der Waals surface area contributed by atoms with Crippen LogP contribution in [0.15, 0.2) is 29.6 Å². The van der Waals surface area contributed by atoms with Crippen molar-refractivity contribution >= 4 is 35.1 Å².